The summed E-state index contributed by atoms with van der Waals surface area (Å²) in [4.78, 5) is 13.5. The molecule has 5 aliphatic rings. The molecule has 1 heterocycles. The largest absolute Gasteiger partial charge is 0.390 e. The van der Waals surface area contributed by atoms with Crippen molar-refractivity contribution in [2.45, 2.75) is 140 Å². The van der Waals surface area contributed by atoms with Crippen LogP contribution in [-0.2, 0) is 14.3 Å². The first-order valence-electron chi connectivity index (χ1n) is 15.0. The third-order valence-electron chi connectivity index (χ3n) is 11.9. The zero-order valence-electron chi connectivity index (χ0n) is 24.6. The molecular weight excluding hydrogens is 500 g/mol. The Morgan fingerprint density at radius 2 is 1.77 bits per heavy atom. The van der Waals surface area contributed by atoms with E-state index in [4.69, 9.17) is 9.47 Å². The molecule has 4 aliphatic carbocycles. The Hall–Kier alpha value is -0.870. The van der Waals surface area contributed by atoms with E-state index in [1.54, 1.807) is 26.8 Å². The van der Waals surface area contributed by atoms with Crippen molar-refractivity contribution in [3.05, 3.63) is 11.6 Å². The highest BCUT2D eigenvalue weighted by Gasteiger charge is 2.69. The van der Waals surface area contributed by atoms with Crippen LogP contribution in [0, 0.1) is 28.6 Å². The van der Waals surface area contributed by atoms with Crippen LogP contribution in [0.25, 0.3) is 0 Å². The summed E-state index contributed by atoms with van der Waals surface area (Å²) >= 11 is 0. The van der Waals surface area contributed by atoms with Gasteiger partial charge in [0.1, 0.15) is 6.61 Å². The second-order valence-electron chi connectivity index (χ2n) is 14.8. The lowest BCUT2D eigenvalue weighted by molar-refractivity contribution is -0.215. The van der Waals surface area contributed by atoms with Gasteiger partial charge in [0.15, 0.2) is 11.6 Å². The van der Waals surface area contributed by atoms with Gasteiger partial charge in [-0.2, -0.15) is 0 Å². The monoisotopic (exact) mass is 550 g/mol. The number of ether oxygens (including phenoxy) is 2. The normalized spacial score (nSPS) is 47.9. The van der Waals surface area contributed by atoms with Crippen LogP contribution in [0.2, 0.25) is 0 Å². The molecule has 8 heteroatoms. The number of aliphatic hydroxyl groups is 5. The van der Waals surface area contributed by atoms with E-state index in [-0.39, 0.29) is 30.0 Å². The third-order valence-corrected chi connectivity index (χ3v) is 11.9. The maximum Gasteiger partial charge on any atom is 0.192 e. The molecule has 0 aromatic heterocycles. The maximum atomic E-state index is 13.5. The second kappa shape index (κ2) is 9.32. The summed E-state index contributed by atoms with van der Waals surface area (Å²) in [7, 11) is 0. The van der Waals surface area contributed by atoms with Crippen LogP contribution in [0.4, 0.5) is 0 Å². The van der Waals surface area contributed by atoms with E-state index in [1.165, 1.54) is 0 Å². The first kappa shape index (κ1) is 29.6. The molecule has 1 aliphatic heterocycles. The Morgan fingerprint density at radius 1 is 1.10 bits per heavy atom. The summed E-state index contributed by atoms with van der Waals surface area (Å²) in [6.07, 6.45) is 3.74. The van der Waals surface area contributed by atoms with Crippen molar-refractivity contribution in [2.24, 2.45) is 28.6 Å². The van der Waals surface area contributed by atoms with E-state index < -0.39 is 51.7 Å². The summed E-state index contributed by atoms with van der Waals surface area (Å²) in [5.41, 5.74) is -4.00. The Bertz CT molecular complexity index is 1010. The predicted octanol–water partition coefficient (Wildman–Crippen LogP) is 3.01. The standard InChI is InChI=1S/C31H50O8/c1-7-30(17-38-30)39-25(10-11-26(2,3)35)29(6,36)24-9-13-31(37)19-14-21(32)20-15-22(33)23(34)16-27(20,4)18(19)8-12-28(24,31)5/h14,18,20,22-25,33-37H,7-13,15-17H2,1-6H3/t18-,20-,22+,23-,24-,25?,27+,28+,29+,30?,31+/m0/s1. The fourth-order valence-electron chi connectivity index (χ4n) is 9.18. The van der Waals surface area contributed by atoms with Gasteiger partial charge < -0.3 is 35.0 Å². The van der Waals surface area contributed by atoms with Crippen molar-refractivity contribution in [1.29, 1.82) is 0 Å². The fraction of sp³-hybridized carbons (Fsp3) is 0.903. The van der Waals surface area contributed by atoms with E-state index in [2.05, 4.69) is 0 Å². The third kappa shape index (κ3) is 4.57. The number of aliphatic hydroxyl groups excluding tert-OH is 2. The molecule has 0 amide bonds. The molecule has 0 radical (unpaired) electrons. The van der Waals surface area contributed by atoms with E-state index in [9.17, 15) is 30.3 Å². The van der Waals surface area contributed by atoms with Crippen molar-refractivity contribution >= 4 is 5.78 Å². The molecule has 39 heavy (non-hydrogen) atoms. The second-order valence-corrected chi connectivity index (χ2v) is 14.8. The zero-order valence-corrected chi connectivity index (χ0v) is 24.6. The lowest BCUT2D eigenvalue weighted by Crippen LogP contribution is -2.63. The summed E-state index contributed by atoms with van der Waals surface area (Å²) < 4.78 is 12.1. The molecule has 0 aromatic carbocycles. The van der Waals surface area contributed by atoms with Gasteiger partial charge in [0.2, 0.25) is 0 Å². The SMILES string of the molecule is CCC1(OC(CCC(C)(C)O)[C@](C)(O)[C@H]2CC[C@@]3(O)C4=CC(=O)[C@@H]5C[C@@H](O)[C@@H](O)C[C@]5(C)[C@H]4CC[C@]23C)CO1. The Kier molecular flexibility index (Phi) is 7.07. The average molecular weight is 551 g/mol. The number of fused-ring (bicyclic) bond motifs is 5. The molecule has 8 nitrogen and oxygen atoms in total. The Labute approximate surface area is 232 Å². The molecule has 0 spiro atoms. The number of carbonyl (C=O) groups excluding carboxylic acids is 1. The van der Waals surface area contributed by atoms with Crippen molar-refractivity contribution in [3.8, 4) is 0 Å². The molecule has 3 saturated carbocycles. The molecular formula is C31H50O8. The van der Waals surface area contributed by atoms with Gasteiger partial charge in [-0.15, -0.1) is 0 Å². The minimum atomic E-state index is -1.32. The number of allylic oxidation sites excluding steroid dienone is 1. The lowest BCUT2D eigenvalue weighted by Gasteiger charge is -2.60. The highest BCUT2D eigenvalue weighted by molar-refractivity contribution is 5.95. The average Bonchev–Trinajstić information content (AvgIpc) is 3.54. The van der Waals surface area contributed by atoms with Gasteiger partial charge in [0.25, 0.3) is 0 Å². The number of rotatable bonds is 8. The van der Waals surface area contributed by atoms with Crippen LogP contribution >= 0.6 is 0 Å². The molecule has 0 aromatic rings. The number of ketones is 1. The summed E-state index contributed by atoms with van der Waals surface area (Å²) in [6.45, 7) is 11.9. The van der Waals surface area contributed by atoms with Crippen molar-refractivity contribution in [1.82, 2.24) is 0 Å². The van der Waals surface area contributed by atoms with Gasteiger partial charge in [0, 0.05) is 17.8 Å². The van der Waals surface area contributed by atoms with Gasteiger partial charge in [0.05, 0.1) is 35.1 Å². The Balaban J connectivity index is 1.48. The number of epoxide rings is 1. The van der Waals surface area contributed by atoms with Crippen molar-refractivity contribution < 1.29 is 39.8 Å². The van der Waals surface area contributed by atoms with Crippen molar-refractivity contribution in [2.75, 3.05) is 6.61 Å². The van der Waals surface area contributed by atoms with Crippen LogP contribution in [0.1, 0.15) is 99.3 Å². The first-order valence-corrected chi connectivity index (χ1v) is 15.0. The van der Waals surface area contributed by atoms with Crippen LogP contribution in [0.15, 0.2) is 11.6 Å². The van der Waals surface area contributed by atoms with Gasteiger partial charge in [-0.05, 0) is 101 Å². The van der Waals surface area contributed by atoms with E-state index in [0.717, 1.165) is 12.0 Å². The van der Waals surface area contributed by atoms with Crippen LogP contribution in [-0.4, -0.2) is 78.8 Å². The van der Waals surface area contributed by atoms with Gasteiger partial charge in [-0.25, -0.2) is 0 Å². The summed E-state index contributed by atoms with van der Waals surface area (Å²) in [6, 6.07) is 0. The van der Waals surface area contributed by atoms with Crippen molar-refractivity contribution in [3.63, 3.8) is 0 Å². The molecule has 5 rings (SSSR count). The number of hydrogen-bond donors (Lipinski definition) is 5. The van der Waals surface area contributed by atoms with E-state index in [0.29, 0.717) is 51.6 Å². The molecule has 1 saturated heterocycles. The highest BCUT2D eigenvalue weighted by Crippen LogP contribution is 2.68. The van der Waals surface area contributed by atoms with E-state index in [1.807, 2.05) is 20.8 Å². The van der Waals surface area contributed by atoms with Crippen LogP contribution in [0.3, 0.4) is 0 Å². The Morgan fingerprint density at radius 3 is 2.36 bits per heavy atom. The molecule has 4 fully saturated rings. The van der Waals surface area contributed by atoms with Gasteiger partial charge >= 0.3 is 0 Å². The lowest BCUT2D eigenvalue weighted by atomic mass is 9.45. The van der Waals surface area contributed by atoms with Gasteiger partial charge in [-0.1, -0.05) is 20.8 Å². The predicted molar refractivity (Wildman–Crippen MR) is 144 cm³/mol. The summed E-state index contributed by atoms with van der Waals surface area (Å²) in [5, 5.41) is 56.2. The quantitative estimate of drug-likeness (QED) is 0.291. The maximum absolute atomic E-state index is 13.5. The molecule has 222 valence electrons. The first-order chi connectivity index (χ1) is 17.9. The number of hydrogen-bond acceptors (Lipinski definition) is 8. The molecule has 0 bridgehead atoms. The fourth-order valence-corrected chi connectivity index (χ4v) is 9.18. The molecule has 2 unspecified atom stereocenters. The molecule has 11 atom stereocenters. The molecule has 5 N–H and O–H groups in total. The van der Waals surface area contributed by atoms with Gasteiger partial charge in [-0.3, -0.25) is 4.79 Å². The minimum Gasteiger partial charge on any atom is -0.390 e. The van der Waals surface area contributed by atoms with Crippen LogP contribution in [0.5, 0.6) is 0 Å². The number of carbonyl (C=O) groups is 1. The van der Waals surface area contributed by atoms with Crippen LogP contribution < -0.4 is 0 Å². The zero-order chi connectivity index (χ0) is 28.8. The smallest absolute Gasteiger partial charge is 0.192 e. The minimum absolute atomic E-state index is 0.0745. The summed E-state index contributed by atoms with van der Waals surface area (Å²) in [5.74, 6) is -1.55. The van der Waals surface area contributed by atoms with E-state index >= 15 is 0 Å². The topological polar surface area (TPSA) is 140 Å². The highest BCUT2D eigenvalue weighted by atomic mass is 16.8.